The largest absolute Gasteiger partial charge is 0.205 e. The maximum absolute atomic E-state index is 2.15. The molecule has 0 bridgehead atoms. The number of nitrogens with zero attached hydrogens (tertiary/aromatic N) is 1. The number of thioether (sulfide) groups is 1. The molecule has 54 valence electrons. The molecule has 0 amide bonds. The van der Waals surface area contributed by atoms with E-state index in [0.29, 0.717) is 0 Å². The Balaban J connectivity index is 2.80. The standard InChI is InChI=1S/C8H12NS/c1-3-9-6-4-8(10-2)5-7-9/h4-7H,3H2,1-2H3/q+1. The number of hydrogen-bond acceptors (Lipinski definition) is 1. The van der Waals surface area contributed by atoms with E-state index in [1.807, 2.05) is 0 Å². The van der Waals surface area contributed by atoms with Gasteiger partial charge in [-0.3, -0.25) is 0 Å². The molecule has 10 heavy (non-hydrogen) atoms. The van der Waals surface area contributed by atoms with Crippen LogP contribution in [0.15, 0.2) is 29.4 Å². The molecule has 1 heterocycles. The van der Waals surface area contributed by atoms with E-state index in [1.54, 1.807) is 11.8 Å². The molecule has 0 aromatic carbocycles. The summed E-state index contributed by atoms with van der Waals surface area (Å²) in [6.45, 7) is 3.19. The number of hydrogen-bond donors (Lipinski definition) is 0. The Morgan fingerprint density at radius 3 is 2.40 bits per heavy atom. The molecule has 0 unspecified atom stereocenters. The van der Waals surface area contributed by atoms with Crippen LogP contribution in [0.3, 0.4) is 0 Å². The monoisotopic (exact) mass is 154 g/mol. The summed E-state index contributed by atoms with van der Waals surface area (Å²) >= 11 is 1.77. The Morgan fingerprint density at radius 2 is 2.00 bits per heavy atom. The molecule has 0 saturated heterocycles. The molecule has 0 aliphatic heterocycles. The SMILES string of the molecule is CC[n+]1ccc(SC)cc1. The fourth-order valence-electron chi connectivity index (χ4n) is 0.791. The zero-order chi connectivity index (χ0) is 7.40. The fraction of sp³-hybridized carbons (Fsp3) is 0.375. The first-order chi connectivity index (χ1) is 4.86. The average molecular weight is 154 g/mol. The second kappa shape index (κ2) is 3.62. The fourth-order valence-corrected chi connectivity index (χ4v) is 1.18. The summed E-state index contributed by atoms with van der Waals surface area (Å²) in [6.07, 6.45) is 6.29. The van der Waals surface area contributed by atoms with Crippen LogP contribution in [0.2, 0.25) is 0 Å². The maximum atomic E-state index is 2.15. The lowest BCUT2D eigenvalue weighted by Crippen LogP contribution is -2.30. The predicted octanol–water partition coefficient (Wildman–Crippen LogP) is 1.72. The van der Waals surface area contributed by atoms with Crippen LogP contribution in [0.25, 0.3) is 0 Å². The van der Waals surface area contributed by atoms with E-state index in [9.17, 15) is 0 Å². The first kappa shape index (κ1) is 7.61. The van der Waals surface area contributed by atoms with Crippen LogP contribution in [0, 0.1) is 0 Å². The predicted molar refractivity (Wildman–Crippen MR) is 44.1 cm³/mol. The summed E-state index contributed by atoms with van der Waals surface area (Å²) in [6, 6.07) is 4.27. The number of aromatic nitrogens is 1. The molecular weight excluding hydrogens is 142 g/mol. The van der Waals surface area contributed by atoms with Crippen molar-refractivity contribution in [1.29, 1.82) is 0 Å². The Bertz CT molecular complexity index is 170. The first-order valence-corrected chi connectivity index (χ1v) is 4.62. The maximum Gasteiger partial charge on any atom is 0.169 e. The molecule has 1 aromatic rings. The summed E-state index contributed by atoms with van der Waals surface area (Å²) < 4.78 is 2.15. The molecule has 1 rings (SSSR count). The normalized spacial score (nSPS) is 9.80. The molecular formula is C8H12NS+. The molecule has 0 saturated carbocycles. The van der Waals surface area contributed by atoms with Crippen molar-refractivity contribution in [2.45, 2.75) is 18.4 Å². The Morgan fingerprint density at radius 1 is 1.40 bits per heavy atom. The molecule has 0 N–H and O–H groups in total. The third kappa shape index (κ3) is 1.74. The second-order valence-corrected chi connectivity index (χ2v) is 2.95. The van der Waals surface area contributed by atoms with Crippen LogP contribution >= 0.6 is 11.8 Å². The van der Waals surface area contributed by atoms with Crippen LogP contribution in [-0.2, 0) is 6.54 Å². The lowest BCUT2D eigenvalue weighted by atomic mass is 10.5. The summed E-state index contributed by atoms with van der Waals surface area (Å²) in [5.41, 5.74) is 0. The van der Waals surface area contributed by atoms with Crippen molar-refractivity contribution in [2.24, 2.45) is 0 Å². The Kier molecular flexibility index (Phi) is 2.75. The Labute approximate surface area is 66.1 Å². The first-order valence-electron chi connectivity index (χ1n) is 3.40. The van der Waals surface area contributed by atoms with Crippen LogP contribution in [0.5, 0.6) is 0 Å². The van der Waals surface area contributed by atoms with Gasteiger partial charge in [0.05, 0.1) is 0 Å². The van der Waals surface area contributed by atoms with E-state index in [2.05, 4.69) is 42.3 Å². The zero-order valence-electron chi connectivity index (χ0n) is 6.37. The molecule has 0 spiro atoms. The smallest absolute Gasteiger partial charge is 0.169 e. The van der Waals surface area contributed by atoms with E-state index in [-0.39, 0.29) is 0 Å². The van der Waals surface area contributed by atoms with Crippen LogP contribution in [0.1, 0.15) is 6.92 Å². The van der Waals surface area contributed by atoms with Crippen LogP contribution < -0.4 is 4.57 Å². The van der Waals surface area contributed by atoms with Gasteiger partial charge in [0.1, 0.15) is 6.54 Å². The van der Waals surface area contributed by atoms with E-state index in [0.717, 1.165) is 6.54 Å². The lowest BCUT2D eigenvalue weighted by molar-refractivity contribution is -0.693. The van der Waals surface area contributed by atoms with Crippen molar-refractivity contribution < 1.29 is 4.57 Å². The third-order valence-corrected chi connectivity index (χ3v) is 2.20. The van der Waals surface area contributed by atoms with Crippen molar-refractivity contribution in [2.75, 3.05) is 6.26 Å². The van der Waals surface area contributed by atoms with Gasteiger partial charge in [0.25, 0.3) is 0 Å². The van der Waals surface area contributed by atoms with Gasteiger partial charge in [-0.15, -0.1) is 11.8 Å². The summed E-state index contributed by atoms with van der Waals surface area (Å²) in [4.78, 5) is 1.32. The number of pyridine rings is 1. The topological polar surface area (TPSA) is 3.88 Å². The second-order valence-electron chi connectivity index (χ2n) is 2.07. The summed E-state index contributed by atoms with van der Waals surface area (Å²) in [7, 11) is 0. The highest BCUT2D eigenvalue weighted by Gasteiger charge is 1.94. The van der Waals surface area contributed by atoms with Gasteiger partial charge in [0.2, 0.25) is 0 Å². The molecule has 0 atom stereocenters. The van der Waals surface area contributed by atoms with Crippen molar-refractivity contribution in [1.82, 2.24) is 0 Å². The molecule has 1 nitrogen and oxygen atoms in total. The molecule has 0 aliphatic rings. The third-order valence-electron chi connectivity index (χ3n) is 1.46. The summed E-state index contributed by atoms with van der Waals surface area (Å²) in [5.74, 6) is 0. The van der Waals surface area contributed by atoms with Crippen molar-refractivity contribution in [3.8, 4) is 0 Å². The summed E-state index contributed by atoms with van der Waals surface area (Å²) in [5, 5.41) is 0. The van der Waals surface area contributed by atoms with Gasteiger partial charge in [-0.05, 0) is 13.2 Å². The van der Waals surface area contributed by atoms with Crippen LogP contribution in [-0.4, -0.2) is 6.26 Å². The highest BCUT2D eigenvalue weighted by molar-refractivity contribution is 7.98. The van der Waals surface area contributed by atoms with Gasteiger partial charge in [0.15, 0.2) is 12.4 Å². The van der Waals surface area contributed by atoms with Gasteiger partial charge in [-0.2, -0.15) is 0 Å². The lowest BCUT2D eigenvalue weighted by Gasteiger charge is -1.92. The minimum absolute atomic E-state index is 1.05. The van der Waals surface area contributed by atoms with Gasteiger partial charge in [-0.25, -0.2) is 4.57 Å². The van der Waals surface area contributed by atoms with E-state index >= 15 is 0 Å². The van der Waals surface area contributed by atoms with Crippen molar-refractivity contribution >= 4 is 11.8 Å². The highest BCUT2D eigenvalue weighted by Crippen LogP contribution is 2.10. The van der Waals surface area contributed by atoms with E-state index < -0.39 is 0 Å². The quantitative estimate of drug-likeness (QED) is 0.463. The Hall–Kier alpha value is -0.500. The van der Waals surface area contributed by atoms with Crippen LogP contribution in [0.4, 0.5) is 0 Å². The average Bonchev–Trinajstić information content (AvgIpc) is 2.05. The van der Waals surface area contributed by atoms with Gasteiger partial charge in [0, 0.05) is 17.0 Å². The highest BCUT2D eigenvalue weighted by atomic mass is 32.2. The minimum atomic E-state index is 1.05. The molecule has 0 fully saturated rings. The van der Waals surface area contributed by atoms with E-state index in [1.165, 1.54) is 4.90 Å². The van der Waals surface area contributed by atoms with Crippen molar-refractivity contribution in [3.05, 3.63) is 24.5 Å². The molecule has 0 aliphatic carbocycles. The molecule has 2 heteroatoms. The van der Waals surface area contributed by atoms with Crippen molar-refractivity contribution in [3.63, 3.8) is 0 Å². The minimum Gasteiger partial charge on any atom is -0.205 e. The molecule has 1 aromatic heterocycles. The number of rotatable bonds is 2. The number of aryl methyl sites for hydroxylation is 1. The molecule has 0 radical (unpaired) electrons. The van der Waals surface area contributed by atoms with Gasteiger partial charge in [-0.1, -0.05) is 0 Å². The zero-order valence-corrected chi connectivity index (χ0v) is 7.19. The van der Waals surface area contributed by atoms with Gasteiger partial charge >= 0.3 is 0 Å². The van der Waals surface area contributed by atoms with Gasteiger partial charge < -0.3 is 0 Å². The van der Waals surface area contributed by atoms with E-state index in [4.69, 9.17) is 0 Å².